The van der Waals surface area contributed by atoms with Crippen molar-refractivity contribution < 1.29 is 9.26 Å². The summed E-state index contributed by atoms with van der Waals surface area (Å²) in [5.74, 6) is 3.13. The molecule has 4 rings (SSSR count). The largest absolute Gasteiger partial charge is 0.493 e. The molecule has 2 aromatic rings. The zero-order chi connectivity index (χ0) is 16.4. The average Bonchev–Trinajstić information content (AvgIpc) is 3.28. The Morgan fingerprint density at radius 3 is 3.17 bits per heavy atom. The summed E-state index contributed by atoms with van der Waals surface area (Å²) in [6.07, 6.45) is 5.32. The first-order valence-electron chi connectivity index (χ1n) is 9.11. The lowest BCUT2D eigenvalue weighted by molar-refractivity contribution is 0.204. The lowest BCUT2D eigenvalue weighted by atomic mass is 9.97. The molecule has 1 atom stereocenters. The monoisotopic (exact) mass is 327 g/mol. The summed E-state index contributed by atoms with van der Waals surface area (Å²) in [7, 11) is 0. The van der Waals surface area contributed by atoms with Crippen molar-refractivity contribution in [3.8, 4) is 5.75 Å². The highest BCUT2D eigenvalue weighted by molar-refractivity contribution is 5.39. The molecule has 1 aromatic carbocycles. The molecule has 3 heterocycles. The zero-order valence-corrected chi connectivity index (χ0v) is 14.3. The molecule has 0 bridgehead atoms. The number of aromatic nitrogens is 2. The third-order valence-electron chi connectivity index (χ3n) is 5.13. The summed E-state index contributed by atoms with van der Waals surface area (Å²) in [5.41, 5.74) is 2.78. The summed E-state index contributed by atoms with van der Waals surface area (Å²) >= 11 is 0. The Balaban J connectivity index is 1.34. The van der Waals surface area contributed by atoms with Gasteiger partial charge in [0, 0.05) is 31.8 Å². The Bertz CT molecular complexity index is 698. The molecule has 0 amide bonds. The van der Waals surface area contributed by atoms with Crippen molar-refractivity contribution in [2.24, 2.45) is 0 Å². The highest BCUT2D eigenvalue weighted by atomic mass is 16.5. The molecule has 1 aromatic heterocycles. The van der Waals surface area contributed by atoms with Gasteiger partial charge in [0.25, 0.3) is 0 Å². The van der Waals surface area contributed by atoms with Crippen LogP contribution in [0.25, 0.3) is 0 Å². The van der Waals surface area contributed by atoms with Crippen LogP contribution in [0.4, 0.5) is 0 Å². The first kappa shape index (κ1) is 15.6. The predicted molar refractivity (Wildman–Crippen MR) is 91.4 cm³/mol. The Morgan fingerprint density at radius 2 is 2.29 bits per heavy atom. The summed E-state index contributed by atoms with van der Waals surface area (Å²) in [5, 5.41) is 4.18. The van der Waals surface area contributed by atoms with Crippen molar-refractivity contribution in [2.45, 2.75) is 44.9 Å². The predicted octanol–water partition coefficient (Wildman–Crippen LogP) is 2.99. The van der Waals surface area contributed by atoms with Gasteiger partial charge in [-0.3, -0.25) is 0 Å². The number of rotatable bonds is 5. The van der Waals surface area contributed by atoms with Crippen LogP contribution in [-0.4, -0.2) is 41.3 Å². The number of ether oxygens (including phenoxy) is 1. The molecule has 0 saturated carbocycles. The normalized spacial score (nSPS) is 20.8. The summed E-state index contributed by atoms with van der Waals surface area (Å²) in [6.45, 7) is 6.18. The van der Waals surface area contributed by atoms with Gasteiger partial charge in [0.15, 0.2) is 5.82 Å². The Morgan fingerprint density at radius 1 is 1.33 bits per heavy atom. The molecule has 1 fully saturated rings. The number of aryl methyl sites for hydroxylation is 1. The molecule has 1 saturated heterocycles. The van der Waals surface area contributed by atoms with E-state index in [2.05, 4.69) is 33.2 Å². The van der Waals surface area contributed by atoms with E-state index in [1.54, 1.807) is 0 Å². The van der Waals surface area contributed by atoms with E-state index in [-0.39, 0.29) is 0 Å². The van der Waals surface area contributed by atoms with Crippen LogP contribution in [0.1, 0.15) is 48.5 Å². The first-order valence-corrected chi connectivity index (χ1v) is 9.11. The van der Waals surface area contributed by atoms with Crippen molar-refractivity contribution in [1.29, 1.82) is 0 Å². The number of piperidine rings is 1. The molecule has 2 aliphatic rings. The van der Waals surface area contributed by atoms with E-state index in [0.29, 0.717) is 5.92 Å². The Kier molecular flexibility index (Phi) is 4.52. The second kappa shape index (κ2) is 6.93. The molecule has 0 radical (unpaired) electrons. The maximum absolute atomic E-state index is 5.59. The van der Waals surface area contributed by atoms with Gasteiger partial charge in [-0.1, -0.05) is 24.2 Å². The quantitative estimate of drug-likeness (QED) is 0.845. The van der Waals surface area contributed by atoms with Gasteiger partial charge in [-0.25, -0.2) is 0 Å². The lowest BCUT2D eigenvalue weighted by Gasteiger charge is -2.31. The van der Waals surface area contributed by atoms with Gasteiger partial charge < -0.3 is 14.2 Å². The minimum atomic E-state index is 0.413. The molecule has 0 N–H and O–H groups in total. The third-order valence-corrected chi connectivity index (χ3v) is 5.13. The standard InChI is InChI=1S/C19H25N3O2/c1-2-18-20-19(21-24-18)16-4-3-9-22(13-16)10-7-14-5-6-17-15(12-14)8-11-23-17/h5-6,12,16H,2-4,7-11,13H2,1H3/t16-/m0/s1. The maximum Gasteiger partial charge on any atom is 0.226 e. The highest BCUT2D eigenvalue weighted by Crippen LogP contribution is 2.27. The van der Waals surface area contributed by atoms with Gasteiger partial charge in [-0.15, -0.1) is 0 Å². The van der Waals surface area contributed by atoms with Crippen molar-refractivity contribution in [3.63, 3.8) is 0 Å². The Labute approximate surface area is 143 Å². The zero-order valence-electron chi connectivity index (χ0n) is 14.3. The fourth-order valence-electron chi connectivity index (χ4n) is 3.73. The molecular weight excluding hydrogens is 302 g/mol. The van der Waals surface area contributed by atoms with E-state index in [1.165, 1.54) is 24.1 Å². The van der Waals surface area contributed by atoms with Crippen molar-refractivity contribution in [3.05, 3.63) is 41.0 Å². The van der Waals surface area contributed by atoms with Crippen molar-refractivity contribution >= 4 is 0 Å². The van der Waals surface area contributed by atoms with Crippen LogP contribution in [0.15, 0.2) is 22.7 Å². The number of nitrogens with zero attached hydrogens (tertiary/aromatic N) is 3. The average molecular weight is 327 g/mol. The van der Waals surface area contributed by atoms with Gasteiger partial charge in [0.2, 0.25) is 5.89 Å². The SMILES string of the molecule is CCc1nc([C@H]2CCCN(CCc3ccc4c(c3)CCO4)C2)no1. The Hall–Kier alpha value is -1.88. The smallest absolute Gasteiger partial charge is 0.226 e. The number of hydrogen-bond acceptors (Lipinski definition) is 5. The number of benzene rings is 1. The van der Waals surface area contributed by atoms with E-state index >= 15 is 0 Å². The van der Waals surface area contributed by atoms with Gasteiger partial charge in [-0.05, 0) is 43.0 Å². The van der Waals surface area contributed by atoms with Crippen molar-refractivity contribution in [1.82, 2.24) is 15.0 Å². The van der Waals surface area contributed by atoms with Gasteiger partial charge >= 0.3 is 0 Å². The second-order valence-corrected chi connectivity index (χ2v) is 6.83. The first-order chi connectivity index (χ1) is 11.8. The molecule has 0 aliphatic carbocycles. The molecule has 2 aliphatic heterocycles. The summed E-state index contributed by atoms with van der Waals surface area (Å²) in [4.78, 5) is 7.07. The van der Waals surface area contributed by atoms with Crippen LogP contribution in [0.3, 0.4) is 0 Å². The lowest BCUT2D eigenvalue weighted by Crippen LogP contribution is -2.36. The number of likely N-dealkylation sites (tertiary alicyclic amines) is 1. The molecule has 0 unspecified atom stereocenters. The van der Waals surface area contributed by atoms with Crippen LogP contribution in [0.5, 0.6) is 5.75 Å². The van der Waals surface area contributed by atoms with E-state index in [1.807, 2.05) is 6.92 Å². The highest BCUT2D eigenvalue weighted by Gasteiger charge is 2.25. The summed E-state index contributed by atoms with van der Waals surface area (Å²) in [6, 6.07) is 6.65. The minimum absolute atomic E-state index is 0.413. The van der Waals surface area contributed by atoms with Gasteiger partial charge in [-0.2, -0.15) is 4.98 Å². The van der Waals surface area contributed by atoms with Crippen LogP contribution in [-0.2, 0) is 19.3 Å². The van der Waals surface area contributed by atoms with E-state index in [4.69, 9.17) is 9.26 Å². The number of fused-ring (bicyclic) bond motifs is 1. The van der Waals surface area contributed by atoms with E-state index in [0.717, 1.165) is 62.8 Å². The van der Waals surface area contributed by atoms with E-state index < -0.39 is 0 Å². The van der Waals surface area contributed by atoms with Crippen LogP contribution in [0, 0.1) is 0 Å². The third kappa shape index (κ3) is 3.31. The van der Waals surface area contributed by atoms with Gasteiger partial charge in [0.1, 0.15) is 5.75 Å². The molecular formula is C19H25N3O2. The van der Waals surface area contributed by atoms with Crippen molar-refractivity contribution in [2.75, 3.05) is 26.2 Å². The van der Waals surface area contributed by atoms with Gasteiger partial charge in [0.05, 0.1) is 6.61 Å². The minimum Gasteiger partial charge on any atom is -0.493 e. The van der Waals surface area contributed by atoms with Crippen LogP contribution >= 0.6 is 0 Å². The van der Waals surface area contributed by atoms with E-state index in [9.17, 15) is 0 Å². The number of hydrogen-bond donors (Lipinski definition) is 0. The molecule has 128 valence electrons. The van der Waals surface area contributed by atoms with Crippen LogP contribution < -0.4 is 4.74 Å². The topological polar surface area (TPSA) is 51.4 Å². The maximum atomic E-state index is 5.59. The molecule has 24 heavy (non-hydrogen) atoms. The fourth-order valence-corrected chi connectivity index (χ4v) is 3.73. The molecule has 5 heteroatoms. The molecule has 0 spiro atoms. The molecule has 5 nitrogen and oxygen atoms in total. The summed E-state index contributed by atoms with van der Waals surface area (Å²) < 4.78 is 10.9. The fraction of sp³-hybridized carbons (Fsp3) is 0.579. The van der Waals surface area contributed by atoms with Crippen LogP contribution in [0.2, 0.25) is 0 Å². The second-order valence-electron chi connectivity index (χ2n) is 6.83.